The predicted octanol–water partition coefficient (Wildman–Crippen LogP) is 3.57. The Bertz CT molecular complexity index is 728. The average molecular weight is 344 g/mol. The van der Waals surface area contributed by atoms with Gasteiger partial charge in [-0.2, -0.15) is 0 Å². The molecular weight excluding hydrogens is 324 g/mol. The number of nitro groups is 1. The molecule has 0 saturated heterocycles. The summed E-state index contributed by atoms with van der Waals surface area (Å²) in [4.78, 5) is 22.4. The highest BCUT2D eigenvalue weighted by Gasteiger charge is 2.26. The summed E-state index contributed by atoms with van der Waals surface area (Å²) in [6.45, 7) is 1.74. The summed E-state index contributed by atoms with van der Waals surface area (Å²) < 4.78 is 9.98. The Balaban J connectivity index is 2.31. The van der Waals surface area contributed by atoms with Crippen molar-refractivity contribution in [3.63, 3.8) is 0 Å². The molecule has 132 valence electrons. The van der Waals surface area contributed by atoms with Crippen molar-refractivity contribution >= 4 is 17.3 Å². The maximum Gasteiger partial charge on any atom is 0.310 e. The number of hydrogen-bond acceptors (Lipinski definition) is 6. The molecule has 0 amide bonds. The molecule has 0 aliphatic heterocycles. The van der Waals surface area contributed by atoms with Gasteiger partial charge in [0.2, 0.25) is 0 Å². The van der Waals surface area contributed by atoms with Crippen LogP contribution in [-0.2, 0) is 9.53 Å². The summed E-state index contributed by atoms with van der Waals surface area (Å²) in [5.74, 6) is -0.142. The molecule has 7 heteroatoms. The minimum atomic E-state index is -0.492. The van der Waals surface area contributed by atoms with E-state index in [-0.39, 0.29) is 11.7 Å². The number of non-ortho nitro benzene ring substituents is 1. The fourth-order valence-electron chi connectivity index (χ4n) is 2.49. The van der Waals surface area contributed by atoms with Crippen LogP contribution < -0.4 is 10.1 Å². The minimum absolute atomic E-state index is 0.00216. The van der Waals surface area contributed by atoms with E-state index in [1.807, 2.05) is 12.1 Å². The number of nitrogens with one attached hydrogen (secondary N) is 1. The monoisotopic (exact) mass is 344 g/mol. The second kappa shape index (κ2) is 8.14. The molecule has 0 aliphatic rings. The van der Waals surface area contributed by atoms with Gasteiger partial charge in [-0.05, 0) is 36.8 Å². The van der Waals surface area contributed by atoms with Crippen LogP contribution >= 0.6 is 0 Å². The molecule has 0 saturated carbocycles. The third-order valence-corrected chi connectivity index (χ3v) is 3.95. The lowest BCUT2D eigenvalue weighted by molar-refractivity contribution is -0.384. The Kier molecular flexibility index (Phi) is 5.94. The van der Waals surface area contributed by atoms with E-state index in [4.69, 9.17) is 9.47 Å². The highest BCUT2D eigenvalue weighted by molar-refractivity contribution is 5.74. The first-order chi connectivity index (χ1) is 12.0. The summed E-state index contributed by atoms with van der Waals surface area (Å²) >= 11 is 0. The average Bonchev–Trinajstić information content (AvgIpc) is 2.65. The van der Waals surface area contributed by atoms with Gasteiger partial charge in [-0.25, -0.2) is 0 Å². The number of ether oxygens (including phenoxy) is 2. The second-order valence-corrected chi connectivity index (χ2v) is 5.51. The molecule has 7 nitrogen and oxygen atoms in total. The molecule has 0 heterocycles. The predicted molar refractivity (Wildman–Crippen MR) is 93.6 cm³/mol. The standard InChI is InChI=1S/C18H20N2O5/c1-12(18(21)25-3)17(13-4-8-15(9-5-13)20(22)23)19-14-6-10-16(24-2)11-7-14/h4-12,17,19H,1-3H3. The van der Waals surface area contributed by atoms with E-state index in [0.717, 1.165) is 17.0 Å². The fourth-order valence-corrected chi connectivity index (χ4v) is 2.49. The molecule has 0 spiro atoms. The van der Waals surface area contributed by atoms with Crippen molar-refractivity contribution in [3.05, 3.63) is 64.2 Å². The van der Waals surface area contributed by atoms with Gasteiger partial charge in [-0.15, -0.1) is 0 Å². The lowest BCUT2D eigenvalue weighted by atomic mass is 9.94. The van der Waals surface area contributed by atoms with Gasteiger partial charge in [-0.1, -0.05) is 12.1 Å². The molecule has 25 heavy (non-hydrogen) atoms. The zero-order valence-corrected chi connectivity index (χ0v) is 14.3. The van der Waals surface area contributed by atoms with Crippen molar-refractivity contribution in [1.82, 2.24) is 0 Å². The van der Waals surface area contributed by atoms with Gasteiger partial charge < -0.3 is 14.8 Å². The Morgan fingerprint density at radius 1 is 1.08 bits per heavy atom. The van der Waals surface area contributed by atoms with Gasteiger partial charge in [0.15, 0.2) is 0 Å². The van der Waals surface area contributed by atoms with Gasteiger partial charge in [-0.3, -0.25) is 14.9 Å². The third-order valence-electron chi connectivity index (χ3n) is 3.95. The van der Waals surface area contributed by atoms with Crippen molar-refractivity contribution in [3.8, 4) is 5.75 Å². The van der Waals surface area contributed by atoms with Crippen molar-refractivity contribution < 1.29 is 19.2 Å². The first-order valence-corrected chi connectivity index (χ1v) is 7.69. The maximum absolute atomic E-state index is 12.0. The summed E-state index contributed by atoms with van der Waals surface area (Å²) in [5, 5.41) is 14.1. The maximum atomic E-state index is 12.0. The number of methoxy groups -OCH3 is 2. The van der Waals surface area contributed by atoms with Crippen molar-refractivity contribution in [2.45, 2.75) is 13.0 Å². The number of esters is 1. The molecule has 0 bridgehead atoms. The van der Waals surface area contributed by atoms with Crippen LogP contribution in [0.2, 0.25) is 0 Å². The van der Waals surface area contributed by atoms with Crippen LogP contribution in [0.5, 0.6) is 5.75 Å². The molecule has 2 rings (SSSR count). The van der Waals surface area contributed by atoms with E-state index in [2.05, 4.69) is 5.32 Å². The van der Waals surface area contributed by atoms with E-state index >= 15 is 0 Å². The zero-order chi connectivity index (χ0) is 18.4. The number of benzene rings is 2. The fraction of sp³-hybridized carbons (Fsp3) is 0.278. The number of carbonyl (C=O) groups excluding carboxylic acids is 1. The molecule has 2 atom stereocenters. The van der Waals surface area contributed by atoms with Crippen LogP contribution in [0.25, 0.3) is 0 Å². The Morgan fingerprint density at radius 2 is 1.68 bits per heavy atom. The van der Waals surface area contributed by atoms with Crippen molar-refractivity contribution in [2.24, 2.45) is 5.92 Å². The van der Waals surface area contributed by atoms with Crippen LogP contribution in [0.4, 0.5) is 11.4 Å². The number of rotatable bonds is 7. The molecule has 2 aromatic rings. The molecule has 0 aromatic heterocycles. The molecule has 0 fully saturated rings. The molecule has 2 unspecified atom stereocenters. The van der Waals surface area contributed by atoms with Gasteiger partial charge in [0.1, 0.15) is 5.75 Å². The molecular formula is C18H20N2O5. The topological polar surface area (TPSA) is 90.7 Å². The second-order valence-electron chi connectivity index (χ2n) is 5.51. The summed E-state index contributed by atoms with van der Waals surface area (Å²) in [5.41, 5.74) is 1.54. The third kappa shape index (κ3) is 4.47. The number of nitro benzene ring substituents is 1. The van der Waals surface area contributed by atoms with Gasteiger partial charge in [0, 0.05) is 17.8 Å². The highest BCUT2D eigenvalue weighted by Crippen LogP contribution is 2.29. The summed E-state index contributed by atoms with van der Waals surface area (Å²) in [7, 11) is 2.92. The van der Waals surface area contributed by atoms with E-state index < -0.39 is 16.9 Å². The Hall–Kier alpha value is -3.09. The summed E-state index contributed by atoms with van der Waals surface area (Å²) in [6.07, 6.45) is 0. The van der Waals surface area contributed by atoms with Crippen molar-refractivity contribution in [1.29, 1.82) is 0 Å². The molecule has 0 radical (unpaired) electrons. The first kappa shape index (κ1) is 18.3. The van der Waals surface area contributed by atoms with Crippen LogP contribution in [0.3, 0.4) is 0 Å². The number of nitrogens with zero attached hydrogens (tertiary/aromatic N) is 1. The van der Waals surface area contributed by atoms with E-state index in [1.165, 1.54) is 19.2 Å². The first-order valence-electron chi connectivity index (χ1n) is 7.69. The minimum Gasteiger partial charge on any atom is -0.497 e. The zero-order valence-electron chi connectivity index (χ0n) is 14.3. The largest absolute Gasteiger partial charge is 0.497 e. The van der Waals surface area contributed by atoms with Crippen LogP contribution in [0, 0.1) is 16.0 Å². The molecule has 2 aromatic carbocycles. The van der Waals surface area contributed by atoms with Gasteiger partial charge >= 0.3 is 5.97 Å². The van der Waals surface area contributed by atoms with E-state index in [0.29, 0.717) is 0 Å². The molecule has 0 aliphatic carbocycles. The smallest absolute Gasteiger partial charge is 0.310 e. The van der Waals surface area contributed by atoms with Crippen LogP contribution in [-0.4, -0.2) is 25.1 Å². The van der Waals surface area contributed by atoms with Gasteiger partial charge in [0.05, 0.1) is 31.1 Å². The van der Waals surface area contributed by atoms with Crippen molar-refractivity contribution in [2.75, 3.05) is 19.5 Å². The van der Waals surface area contributed by atoms with Crippen LogP contribution in [0.1, 0.15) is 18.5 Å². The lowest BCUT2D eigenvalue weighted by Crippen LogP contribution is -2.26. The van der Waals surface area contributed by atoms with Gasteiger partial charge in [0.25, 0.3) is 5.69 Å². The lowest BCUT2D eigenvalue weighted by Gasteiger charge is -2.25. The Labute approximate surface area is 145 Å². The summed E-state index contributed by atoms with van der Waals surface area (Å²) in [6, 6.07) is 13.0. The number of hydrogen-bond donors (Lipinski definition) is 1. The Morgan fingerprint density at radius 3 is 2.16 bits per heavy atom. The SMILES string of the molecule is COC(=O)C(C)C(Nc1ccc(OC)cc1)c1ccc([N+](=O)[O-])cc1. The van der Waals surface area contributed by atoms with E-state index in [1.54, 1.807) is 38.3 Å². The quantitative estimate of drug-likeness (QED) is 0.469. The normalized spacial score (nSPS) is 12.8. The highest BCUT2D eigenvalue weighted by atomic mass is 16.6. The number of anilines is 1. The van der Waals surface area contributed by atoms with Crippen LogP contribution in [0.15, 0.2) is 48.5 Å². The molecule has 1 N–H and O–H groups in total. The number of carbonyl (C=O) groups is 1. The van der Waals surface area contributed by atoms with E-state index in [9.17, 15) is 14.9 Å².